The van der Waals surface area contributed by atoms with Crippen LogP contribution in [0.15, 0.2) is 71.4 Å². The molecule has 2 aromatic carbocycles. The Balaban J connectivity index is 0.00000210. The molecule has 2 aromatic heterocycles. The number of hydrogen-bond acceptors (Lipinski definition) is 2. The molecule has 0 unspecified atom stereocenters. The van der Waals surface area contributed by atoms with Crippen LogP contribution < -0.4 is 21.5 Å². The summed E-state index contributed by atoms with van der Waals surface area (Å²) in [6.45, 7) is 4.94. The monoisotopic (exact) mass is 426 g/mol. The fourth-order valence-electron chi connectivity index (χ4n) is 2.98. The van der Waals surface area contributed by atoms with E-state index >= 15 is 0 Å². The van der Waals surface area contributed by atoms with Crippen molar-refractivity contribution in [3.63, 3.8) is 0 Å². The minimum absolute atomic E-state index is 0. The Morgan fingerprint density at radius 1 is 1.04 bits per heavy atom. The molecule has 27 heavy (non-hydrogen) atoms. The molecule has 0 saturated heterocycles. The van der Waals surface area contributed by atoms with Gasteiger partial charge < -0.3 is 21.4 Å². The molecular weight excluding hydrogens is 407 g/mol. The van der Waals surface area contributed by atoms with E-state index in [4.69, 9.17) is 4.42 Å². The van der Waals surface area contributed by atoms with E-state index in [9.17, 15) is 4.39 Å². The summed E-state index contributed by atoms with van der Waals surface area (Å²) in [5.74, 6) is 0.851. The smallest absolute Gasteiger partial charge is 0.227 e. The molecule has 0 saturated carbocycles. The van der Waals surface area contributed by atoms with Gasteiger partial charge in [0.05, 0.1) is 0 Å². The van der Waals surface area contributed by atoms with Crippen molar-refractivity contribution in [2.45, 2.75) is 26.3 Å². The Labute approximate surface area is 168 Å². The maximum atomic E-state index is 13.3. The van der Waals surface area contributed by atoms with Crippen molar-refractivity contribution in [2.75, 3.05) is 0 Å². The average molecular weight is 427 g/mol. The molecule has 0 spiro atoms. The average Bonchev–Trinajstić information content (AvgIpc) is 3.05. The fourth-order valence-corrected chi connectivity index (χ4v) is 2.98. The molecular formula is C22H20BrFN2O. The number of aromatic nitrogens is 2. The first-order chi connectivity index (χ1) is 12.6. The van der Waals surface area contributed by atoms with Gasteiger partial charge in [-0.3, -0.25) is 0 Å². The summed E-state index contributed by atoms with van der Waals surface area (Å²) < 4.78 is 21.2. The molecule has 0 bridgehead atoms. The highest BCUT2D eigenvalue weighted by Gasteiger charge is 2.12. The van der Waals surface area contributed by atoms with Crippen molar-refractivity contribution in [2.24, 2.45) is 0 Å². The van der Waals surface area contributed by atoms with Gasteiger partial charge in [0.25, 0.3) is 0 Å². The Bertz CT molecular complexity index is 1060. The first-order valence-corrected chi connectivity index (χ1v) is 8.73. The van der Waals surface area contributed by atoms with E-state index < -0.39 is 0 Å². The maximum absolute atomic E-state index is 13.3. The number of halogens is 2. The van der Waals surface area contributed by atoms with Gasteiger partial charge in [-0.05, 0) is 35.7 Å². The van der Waals surface area contributed by atoms with Crippen LogP contribution in [-0.2, 0) is 6.54 Å². The normalized spacial score (nSPS) is 11.0. The van der Waals surface area contributed by atoms with Gasteiger partial charge in [-0.15, -0.1) is 0 Å². The van der Waals surface area contributed by atoms with Crippen LogP contribution in [0.1, 0.15) is 30.9 Å². The first-order valence-electron chi connectivity index (χ1n) is 8.73. The van der Waals surface area contributed by atoms with E-state index in [2.05, 4.69) is 31.0 Å². The first kappa shape index (κ1) is 19.2. The van der Waals surface area contributed by atoms with Crippen molar-refractivity contribution in [1.29, 1.82) is 0 Å². The number of benzene rings is 2. The van der Waals surface area contributed by atoms with Crippen molar-refractivity contribution in [3.8, 4) is 11.5 Å². The largest absolute Gasteiger partial charge is 1.00 e. The zero-order valence-electron chi connectivity index (χ0n) is 15.2. The standard InChI is InChI=1S/C22H20FN2O.BrH/c1-15(2)18-6-7-21-20(13-18)24-22(26-21)17-8-10-25(11-9-17)14-16-4-3-5-19(23)12-16;/h3-13,15H,14H2,1-2H3;1H/q+1;/p-1. The lowest BCUT2D eigenvalue weighted by Crippen LogP contribution is -3.00. The van der Waals surface area contributed by atoms with Gasteiger partial charge in [0.1, 0.15) is 11.3 Å². The predicted octanol–water partition coefficient (Wildman–Crippen LogP) is 2.10. The number of fused-ring (bicyclic) bond motifs is 1. The maximum Gasteiger partial charge on any atom is 0.227 e. The van der Waals surface area contributed by atoms with Gasteiger partial charge in [-0.25, -0.2) is 13.9 Å². The zero-order valence-corrected chi connectivity index (χ0v) is 16.8. The van der Waals surface area contributed by atoms with Gasteiger partial charge in [0.15, 0.2) is 24.5 Å². The Morgan fingerprint density at radius 3 is 2.52 bits per heavy atom. The third-order valence-electron chi connectivity index (χ3n) is 4.47. The van der Waals surface area contributed by atoms with E-state index in [1.807, 2.05) is 41.2 Å². The van der Waals surface area contributed by atoms with Gasteiger partial charge in [-0.1, -0.05) is 32.0 Å². The highest BCUT2D eigenvalue weighted by Crippen LogP contribution is 2.26. The lowest BCUT2D eigenvalue weighted by atomic mass is 10.0. The SMILES string of the molecule is CC(C)c1ccc2oc(-c3cc[n+](Cc4cccc(F)c4)cc3)nc2c1.[Br-]. The van der Waals surface area contributed by atoms with Crippen LogP contribution in [0.2, 0.25) is 0 Å². The molecule has 3 nitrogen and oxygen atoms in total. The van der Waals surface area contributed by atoms with E-state index in [1.54, 1.807) is 12.1 Å². The summed E-state index contributed by atoms with van der Waals surface area (Å²) in [7, 11) is 0. The molecule has 0 atom stereocenters. The molecule has 0 aliphatic carbocycles. The predicted molar refractivity (Wildman–Crippen MR) is 99.2 cm³/mol. The van der Waals surface area contributed by atoms with Gasteiger partial charge >= 0.3 is 0 Å². The Morgan fingerprint density at radius 2 is 1.81 bits per heavy atom. The molecule has 2 heterocycles. The number of nitrogens with zero attached hydrogens (tertiary/aromatic N) is 2. The zero-order chi connectivity index (χ0) is 18.1. The van der Waals surface area contributed by atoms with Crippen molar-refractivity contribution in [1.82, 2.24) is 4.98 Å². The molecule has 0 aliphatic heterocycles. The second-order valence-corrected chi connectivity index (χ2v) is 6.79. The molecule has 5 heteroatoms. The van der Waals surface area contributed by atoms with Gasteiger partial charge in [-0.2, -0.15) is 0 Å². The van der Waals surface area contributed by atoms with E-state index in [0.29, 0.717) is 18.4 Å². The van der Waals surface area contributed by atoms with Crippen LogP contribution in [-0.4, -0.2) is 4.98 Å². The lowest BCUT2D eigenvalue weighted by Gasteiger charge is -2.02. The van der Waals surface area contributed by atoms with E-state index in [0.717, 1.165) is 22.2 Å². The molecule has 0 fully saturated rings. The minimum atomic E-state index is -0.216. The molecule has 4 rings (SSSR count). The van der Waals surface area contributed by atoms with Crippen molar-refractivity contribution >= 4 is 11.1 Å². The topological polar surface area (TPSA) is 29.9 Å². The molecule has 4 aromatic rings. The summed E-state index contributed by atoms with van der Waals surface area (Å²) in [6, 6.07) is 16.7. The van der Waals surface area contributed by atoms with Gasteiger partial charge in [0, 0.05) is 23.3 Å². The van der Waals surface area contributed by atoms with Gasteiger partial charge in [0.2, 0.25) is 5.89 Å². The van der Waals surface area contributed by atoms with Crippen LogP contribution in [0.5, 0.6) is 0 Å². The third-order valence-corrected chi connectivity index (χ3v) is 4.47. The minimum Gasteiger partial charge on any atom is -1.00 e. The van der Waals surface area contributed by atoms with Crippen molar-refractivity contribution < 1.29 is 30.4 Å². The van der Waals surface area contributed by atoms with Crippen LogP contribution >= 0.6 is 0 Å². The molecule has 0 amide bonds. The summed E-state index contributed by atoms with van der Waals surface area (Å²) in [5, 5.41) is 0. The van der Waals surface area contributed by atoms with E-state index in [-0.39, 0.29) is 22.8 Å². The summed E-state index contributed by atoms with van der Waals surface area (Å²) in [5.41, 5.74) is 4.76. The second kappa shape index (κ2) is 8.01. The van der Waals surface area contributed by atoms with Crippen molar-refractivity contribution in [3.05, 3.63) is 83.9 Å². The van der Waals surface area contributed by atoms with Crippen LogP contribution in [0.4, 0.5) is 4.39 Å². The quantitative estimate of drug-likeness (QED) is 0.467. The summed E-state index contributed by atoms with van der Waals surface area (Å²) >= 11 is 0. The summed E-state index contributed by atoms with van der Waals surface area (Å²) in [6.07, 6.45) is 3.91. The summed E-state index contributed by atoms with van der Waals surface area (Å²) in [4.78, 5) is 4.63. The third kappa shape index (κ3) is 4.25. The Hall–Kier alpha value is -2.53. The number of rotatable bonds is 4. The van der Waals surface area contributed by atoms with Crippen LogP contribution in [0.25, 0.3) is 22.6 Å². The number of pyridine rings is 1. The van der Waals surface area contributed by atoms with E-state index in [1.165, 1.54) is 11.6 Å². The number of hydrogen-bond donors (Lipinski definition) is 0. The molecule has 0 N–H and O–H groups in total. The molecule has 138 valence electrons. The molecule has 0 aliphatic rings. The fraction of sp³-hybridized carbons (Fsp3) is 0.182. The van der Waals surface area contributed by atoms with Crippen LogP contribution in [0.3, 0.4) is 0 Å². The molecule has 0 radical (unpaired) electrons. The lowest BCUT2D eigenvalue weighted by molar-refractivity contribution is -0.688. The van der Waals surface area contributed by atoms with Crippen LogP contribution in [0, 0.1) is 5.82 Å². The number of oxazole rings is 1. The Kier molecular flexibility index (Phi) is 5.71. The second-order valence-electron chi connectivity index (χ2n) is 6.79. The highest BCUT2D eigenvalue weighted by atomic mass is 79.9. The highest BCUT2D eigenvalue weighted by molar-refractivity contribution is 5.76.